The van der Waals surface area contributed by atoms with Crippen LogP contribution in [0.2, 0.25) is 0 Å². The van der Waals surface area contributed by atoms with Gasteiger partial charge in [-0.05, 0) is 25.7 Å². The highest BCUT2D eigenvalue weighted by Crippen LogP contribution is 2.26. The van der Waals surface area contributed by atoms with Gasteiger partial charge in [0.25, 0.3) is 11.6 Å². The van der Waals surface area contributed by atoms with Crippen LogP contribution >= 0.6 is 0 Å². The molecule has 20 heavy (non-hydrogen) atoms. The van der Waals surface area contributed by atoms with Crippen LogP contribution in [0.4, 0.5) is 5.69 Å². The predicted molar refractivity (Wildman–Crippen MR) is 70.3 cm³/mol. The van der Waals surface area contributed by atoms with Crippen molar-refractivity contribution in [1.82, 2.24) is 4.98 Å². The van der Waals surface area contributed by atoms with E-state index in [1.165, 1.54) is 0 Å². The number of nitro groups is 1. The molecule has 1 fully saturated rings. The largest absolute Gasteiger partial charge is 0.474 e. The van der Waals surface area contributed by atoms with E-state index in [1.54, 1.807) is 0 Å². The van der Waals surface area contributed by atoms with Gasteiger partial charge in [0.2, 0.25) is 5.88 Å². The Labute approximate surface area is 115 Å². The number of nitrogens with zero attached hydrogens (tertiary/aromatic N) is 2. The Morgan fingerprint density at radius 1 is 1.40 bits per heavy atom. The number of primary amides is 1. The van der Waals surface area contributed by atoms with E-state index in [1.807, 2.05) is 0 Å². The van der Waals surface area contributed by atoms with Gasteiger partial charge in [-0.2, -0.15) is 0 Å². The second-order valence-electron chi connectivity index (χ2n) is 4.82. The highest BCUT2D eigenvalue weighted by Gasteiger charge is 2.23. The average Bonchev–Trinajstić information content (AvgIpc) is 2.41. The van der Waals surface area contributed by atoms with Crippen molar-refractivity contribution in [3.05, 3.63) is 27.9 Å². The lowest BCUT2D eigenvalue weighted by Crippen LogP contribution is -2.32. The van der Waals surface area contributed by atoms with Crippen LogP contribution in [0.5, 0.6) is 5.88 Å². The standard InChI is InChI=1S/C12H16N4O4/c13-7-1-3-9(4-2-7)20-12-10(11(14)17)5-8(6-15-12)16(18)19/h5-7,9H,1-4,13H2,(H2,14,17). The van der Waals surface area contributed by atoms with E-state index >= 15 is 0 Å². The molecule has 1 aromatic rings. The molecule has 0 radical (unpaired) electrons. The lowest BCUT2D eigenvalue weighted by Gasteiger charge is -2.26. The molecular formula is C12H16N4O4. The molecule has 1 aromatic heterocycles. The van der Waals surface area contributed by atoms with Crippen molar-refractivity contribution in [2.75, 3.05) is 0 Å². The molecule has 0 atom stereocenters. The first-order valence-corrected chi connectivity index (χ1v) is 6.34. The Balaban J connectivity index is 2.18. The van der Waals surface area contributed by atoms with Crippen LogP contribution < -0.4 is 16.2 Å². The molecule has 0 unspecified atom stereocenters. The minimum Gasteiger partial charge on any atom is -0.474 e. The molecule has 1 aliphatic rings. The number of hydrogen-bond acceptors (Lipinski definition) is 6. The summed E-state index contributed by atoms with van der Waals surface area (Å²) < 4.78 is 5.64. The summed E-state index contributed by atoms with van der Waals surface area (Å²) >= 11 is 0. The summed E-state index contributed by atoms with van der Waals surface area (Å²) in [6, 6.07) is 1.26. The Hall–Kier alpha value is -2.22. The number of aromatic nitrogens is 1. The van der Waals surface area contributed by atoms with E-state index in [4.69, 9.17) is 16.2 Å². The van der Waals surface area contributed by atoms with E-state index in [0.29, 0.717) is 0 Å². The zero-order chi connectivity index (χ0) is 14.7. The van der Waals surface area contributed by atoms with Gasteiger partial charge in [-0.3, -0.25) is 14.9 Å². The second kappa shape index (κ2) is 5.83. The van der Waals surface area contributed by atoms with E-state index in [2.05, 4.69) is 4.98 Å². The van der Waals surface area contributed by atoms with Crippen molar-refractivity contribution in [2.24, 2.45) is 11.5 Å². The highest BCUT2D eigenvalue weighted by atomic mass is 16.6. The maximum Gasteiger partial charge on any atom is 0.288 e. The quantitative estimate of drug-likeness (QED) is 0.616. The van der Waals surface area contributed by atoms with Crippen molar-refractivity contribution in [3.8, 4) is 5.88 Å². The lowest BCUT2D eigenvalue weighted by atomic mass is 9.94. The van der Waals surface area contributed by atoms with Crippen LogP contribution in [0.3, 0.4) is 0 Å². The maximum atomic E-state index is 11.3. The third-order valence-electron chi connectivity index (χ3n) is 3.31. The Kier molecular flexibility index (Phi) is 4.14. The van der Waals surface area contributed by atoms with E-state index < -0.39 is 10.8 Å². The number of ether oxygens (including phenoxy) is 1. The number of hydrogen-bond donors (Lipinski definition) is 2. The minimum absolute atomic E-state index is 0.0450. The summed E-state index contributed by atoms with van der Waals surface area (Å²) in [5.74, 6) is -0.757. The van der Waals surface area contributed by atoms with Crippen LogP contribution in [-0.4, -0.2) is 28.0 Å². The maximum absolute atomic E-state index is 11.3. The number of amides is 1. The van der Waals surface area contributed by atoms with Crippen molar-refractivity contribution in [3.63, 3.8) is 0 Å². The SMILES string of the molecule is NC(=O)c1cc([N+](=O)[O-])cnc1OC1CCC(N)CC1. The Morgan fingerprint density at radius 2 is 2.05 bits per heavy atom. The molecule has 1 amide bonds. The molecule has 0 saturated heterocycles. The fourth-order valence-corrected chi connectivity index (χ4v) is 2.18. The molecule has 1 aliphatic carbocycles. The zero-order valence-corrected chi connectivity index (χ0v) is 10.8. The molecule has 0 bridgehead atoms. The van der Waals surface area contributed by atoms with Gasteiger partial charge in [0.05, 0.1) is 4.92 Å². The fourth-order valence-electron chi connectivity index (χ4n) is 2.18. The van der Waals surface area contributed by atoms with Gasteiger partial charge in [-0.1, -0.05) is 0 Å². The van der Waals surface area contributed by atoms with Crippen molar-refractivity contribution < 1.29 is 14.5 Å². The van der Waals surface area contributed by atoms with Crippen LogP contribution in [0.25, 0.3) is 0 Å². The number of carbonyl (C=O) groups excluding carboxylic acids is 1. The monoisotopic (exact) mass is 280 g/mol. The highest BCUT2D eigenvalue weighted by molar-refractivity contribution is 5.95. The molecule has 0 aliphatic heterocycles. The summed E-state index contributed by atoms with van der Waals surface area (Å²) in [5, 5.41) is 10.7. The number of carbonyl (C=O) groups is 1. The minimum atomic E-state index is -0.802. The third kappa shape index (κ3) is 3.21. The molecule has 1 heterocycles. The molecule has 0 aromatic carbocycles. The summed E-state index contributed by atoms with van der Waals surface area (Å²) in [5.41, 5.74) is 10.6. The van der Waals surface area contributed by atoms with Crippen LogP contribution in [0.15, 0.2) is 12.3 Å². The van der Waals surface area contributed by atoms with Crippen LogP contribution in [-0.2, 0) is 0 Å². The molecule has 8 heteroatoms. The molecule has 2 rings (SSSR count). The van der Waals surface area contributed by atoms with Crippen molar-refractivity contribution >= 4 is 11.6 Å². The summed E-state index contributed by atoms with van der Waals surface area (Å²) in [6.45, 7) is 0. The Morgan fingerprint density at radius 3 is 2.60 bits per heavy atom. The molecule has 108 valence electrons. The third-order valence-corrected chi connectivity index (χ3v) is 3.31. The van der Waals surface area contributed by atoms with E-state index in [0.717, 1.165) is 37.9 Å². The van der Waals surface area contributed by atoms with E-state index in [-0.39, 0.29) is 29.3 Å². The summed E-state index contributed by atoms with van der Waals surface area (Å²) in [4.78, 5) is 25.2. The van der Waals surface area contributed by atoms with E-state index in [9.17, 15) is 14.9 Å². The van der Waals surface area contributed by atoms with Gasteiger partial charge in [0.1, 0.15) is 17.9 Å². The van der Waals surface area contributed by atoms with Gasteiger partial charge >= 0.3 is 0 Å². The fraction of sp³-hybridized carbons (Fsp3) is 0.500. The topological polar surface area (TPSA) is 134 Å². The van der Waals surface area contributed by atoms with Gasteiger partial charge in [-0.25, -0.2) is 4.98 Å². The Bertz CT molecular complexity index is 526. The van der Waals surface area contributed by atoms with Crippen LogP contribution in [0.1, 0.15) is 36.0 Å². The molecule has 4 N–H and O–H groups in total. The van der Waals surface area contributed by atoms with Crippen molar-refractivity contribution in [1.29, 1.82) is 0 Å². The molecule has 0 spiro atoms. The first-order chi connectivity index (χ1) is 9.47. The smallest absolute Gasteiger partial charge is 0.288 e. The second-order valence-corrected chi connectivity index (χ2v) is 4.82. The van der Waals surface area contributed by atoms with Crippen LogP contribution in [0, 0.1) is 10.1 Å². The van der Waals surface area contributed by atoms with Crippen molar-refractivity contribution in [2.45, 2.75) is 37.8 Å². The summed E-state index contributed by atoms with van der Waals surface area (Å²) in [6.07, 6.45) is 4.15. The first kappa shape index (κ1) is 14.2. The number of pyridine rings is 1. The van der Waals surface area contributed by atoms with Gasteiger partial charge in [0, 0.05) is 12.1 Å². The lowest BCUT2D eigenvalue weighted by molar-refractivity contribution is -0.385. The summed E-state index contributed by atoms with van der Waals surface area (Å²) in [7, 11) is 0. The normalized spacial score (nSPS) is 22.2. The number of nitrogens with two attached hydrogens (primary N) is 2. The number of rotatable bonds is 4. The van der Waals surface area contributed by atoms with Gasteiger partial charge < -0.3 is 16.2 Å². The van der Waals surface area contributed by atoms with Gasteiger partial charge in [-0.15, -0.1) is 0 Å². The van der Waals surface area contributed by atoms with Gasteiger partial charge in [0.15, 0.2) is 0 Å². The first-order valence-electron chi connectivity index (χ1n) is 6.34. The predicted octanol–water partition coefficient (Wildman–Crippen LogP) is 0.737. The average molecular weight is 280 g/mol. The zero-order valence-electron chi connectivity index (χ0n) is 10.8. The molecule has 8 nitrogen and oxygen atoms in total. The molecule has 1 saturated carbocycles. The molecular weight excluding hydrogens is 264 g/mol.